The fourth-order valence-corrected chi connectivity index (χ4v) is 2.85. The number of carbonyl (C=O) groups is 3. The van der Waals surface area contributed by atoms with E-state index in [2.05, 4.69) is 24.5 Å². The molecule has 26 heavy (non-hydrogen) atoms. The molecule has 1 aromatic rings. The molecule has 0 aliphatic carbocycles. The minimum Gasteiger partial charge on any atom is -0.469 e. The first-order valence-electron chi connectivity index (χ1n) is 9.00. The Hall–Kier alpha value is -2.15. The van der Waals surface area contributed by atoms with Crippen LogP contribution in [0.5, 0.6) is 0 Å². The molecule has 2 rings (SSSR count). The van der Waals surface area contributed by atoms with Gasteiger partial charge in [-0.3, -0.25) is 14.4 Å². The number of hydrogen-bond donors (Lipinski definition) is 2. The summed E-state index contributed by atoms with van der Waals surface area (Å²) in [4.78, 5) is 37.2. The van der Waals surface area contributed by atoms with Crippen molar-refractivity contribution in [3.8, 4) is 0 Å². The zero-order valence-corrected chi connectivity index (χ0v) is 16.0. The largest absolute Gasteiger partial charge is 0.469 e. The summed E-state index contributed by atoms with van der Waals surface area (Å²) >= 11 is 0. The van der Waals surface area contributed by atoms with Crippen LogP contribution in [0, 0.1) is 18.8 Å². The quantitative estimate of drug-likeness (QED) is 0.769. The second-order valence-corrected chi connectivity index (χ2v) is 7.34. The molecule has 2 heterocycles. The van der Waals surface area contributed by atoms with Crippen LogP contribution in [-0.4, -0.2) is 42.4 Å². The van der Waals surface area contributed by atoms with Gasteiger partial charge in [0.1, 0.15) is 24.5 Å². The van der Waals surface area contributed by atoms with Crippen molar-refractivity contribution in [2.75, 3.05) is 6.61 Å². The van der Waals surface area contributed by atoms with Gasteiger partial charge in [0, 0.05) is 0 Å². The zero-order valence-electron chi connectivity index (χ0n) is 16.0. The molecule has 2 amide bonds. The molecule has 1 fully saturated rings. The third-order valence-corrected chi connectivity index (χ3v) is 5.07. The highest BCUT2D eigenvalue weighted by Gasteiger charge is 2.36. The number of hydrogen-bond acceptors (Lipinski definition) is 5. The van der Waals surface area contributed by atoms with Gasteiger partial charge < -0.3 is 19.8 Å². The average Bonchev–Trinajstić information content (AvgIpc) is 3.14. The number of rotatable bonds is 7. The van der Waals surface area contributed by atoms with Crippen molar-refractivity contribution in [1.29, 1.82) is 0 Å². The summed E-state index contributed by atoms with van der Waals surface area (Å²) in [5.41, 5.74) is 0.397. The number of Topliss-reactive ketones (excluding diaryl/α,β-unsaturated/α-hetero) is 1. The summed E-state index contributed by atoms with van der Waals surface area (Å²) in [5.74, 6) is 0.167. The molecule has 0 saturated carbocycles. The van der Waals surface area contributed by atoms with Crippen molar-refractivity contribution in [3.05, 3.63) is 23.7 Å². The third kappa shape index (κ3) is 4.72. The third-order valence-electron chi connectivity index (χ3n) is 5.07. The Kier molecular flexibility index (Phi) is 6.58. The molecule has 0 spiro atoms. The van der Waals surface area contributed by atoms with Crippen molar-refractivity contribution >= 4 is 17.6 Å². The van der Waals surface area contributed by atoms with E-state index in [4.69, 9.17) is 9.15 Å². The van der Waals surface area contributed by atoms with E-state index >= 15 is 0 Å². The fraction of sp³-hybridized carbons (Fsp3) is 0.632. The topological polar surface area (TPSA) is 97.6 Å². The lowest BCUT2D eigenvalue weighted by atomic mass is 9.90. The van der Waals surface area contributed by atoms with Gasteiger partial charge in [-0.2, -0.15) is 0 Å². The average molecular weight is 364 g/mol. The van der Waals surface area contributed by atoms with Crippen LogP contribution in [0.3, 0.4) is 0 Å². The van der Waals surface area contributed by atoms with Crippen LogP contribution in [0.4, 0.5) is 0 Å². The van der Waals surface area contributed by atoms with E-state index in [0.29, 0.717) is 23.7 Å². The maximum atomic E-state index is 12.8. The second-order valence-electron chi connectivity index (χ2n) is 7.34. The molecule has 7 heteroatoms. The normalized spacial score (nSPS) is 22.3. The maximum absolute atomic E-state index is 12.8. The molecule has 1 aliphatic rings. The van der Waals surface area contributed by atoms with E-state index in [-0.39, 0.29) is 36.2 Å². The Morgan fingerprint density at radius 3 is 2.50 bits per heavy atom. The fourth-order valence-electron chi connectivity index (χ4n) is 2.85. The second kappa shape index (κ2) is 8.49. The smallest absolute Gasteiger partial charge is 0.255 e. The summed E-state index contributed by atoms with van der Waals surface area (Å²) < 4.78 is 10.4. The molecule has 1 aliphatic heterocycles. The van der Waals surface area contributed by atoms with Crippen molar-refractivity contribution in [1.82, 2.24) is 10.6 Å². The Morgan fingerprint density at radius 2 is 2.00 bits per heavy atom. The van der Waals surface area contributed by atoms with Gasteiger partial charge in [-0.1, -0.05) is 20.8 Å². The van der Waals surface area contributed by atoms with E-state index in [1.54, 1.807) is 19.9 Å². The molecule has 2 N–H and O–H groups in total. The molecule has 0 bridgehead atoms. The lowest BCUT2D eigenvalue weighted by Crippen LogP contribution is -2.53. The monoisotopic (exact) mass is 364 g/mol. The predicted octanol–water partition coefficient (Wildman–Crippen LogP) is 1.84. The Balaban J connectivity index is 2.12. The summed E-state index contributed by atoms with van der Waals surface area (Å²) in [5, 5.41) is 5.52. The van der Waals surface area contributed by atoms with Crippen molar-refractivity contribution < 1.29 is 23.5 Å². The van der Waals surface area contributed by atoms with Crippen LogP contribution >= 0.6 is 0 Å². The Morgan fingerprint density at radius 1 is 1.31 bits per heavy atom. The summed E-state index contributed by atoms with van der Waals surface area (Å²) in [6.45, 7) is 9.61. The zero-order chi connectivity index (χ0) is 19.4. The van der Waals surface area contributed by atoms with Gasteiger partial charge in [-0.25, -0.2) is 0 Å². The molecule has 7 nitrogen and oxygen atoms in total. The van der Waals surface area contributed by atoms with Crippen LogP contribution in [-0.2, 0) is 14.3 Å². The van der Waals surface area contributed by atoms with E-state index in [1.807, 2.05) is 6.92 Å². The molecule has 0 aromatic carbocycles. The summed E-state index contributed by atoms with van der Waals surface area (Å²) in [6, 6.07) is 0.156. The van der Waals surface area contributed by atoms with Gasteiger partial charge in [0.25, 0.3) is 5.91 Å². The van der Waals surface area contributed by atoms with Crippen molar-refractivity contribution in [2.45, 2.75) is 59.2 Å². The first-order valence-corrected chi connectivity index (χ1v) is 9.00. The van der Waals surface area contributed by atoms with Gasteiger partial charge in [0.05, 0.1) is 17.9 Å². The van der Waals surface area contributed by atoms with Gasteiger partial charge in [0.15, 0.2) is 5.78 Å². The van der Waals surface area contributed by atoms with Crippen LogP contribution < -0.4 is 10.6 Å². The van der Waals surface area contributed by atoms with Crippen LogP contribution in [0.2, 0.25) is 0 Å². The number of amides is 2. The number of aryl methyl sites for hydroxylation is 1. The lowest BCUT2D eigenvalue weighted by molar-refractivity contribution is -0.127. The number of nitrogens with one attached hydrogen (secondary N) is 2. The van der Waals surface area contributed by atoms with E-state index in [1.165, 1.54) is 6.26 Å². The van der Waals surface area contributed by atoms with Gasteiger partial charge in [0.2, 0.25) is 5.91 Å². The predicted molar refractivity (Wildman–Crippen MR) is 95.7 cm³/mol. The molecule has 1 aromatic heterocycles. The van der Waals surface area contributed by atoms with Crippen LogP contribution in [0.15, 0.2) is 16.7 Å². The molecular formula is C19H28N2O5. The van der Waals surface area contributed by atoms with Gasteiger partial charge in [-0.05, 0) is 38.2 Å². The molecule has 0 radical (unpaired) electrons. The van der Waals surface area contributed by atoms with E-state index in [0.717, 1.165) is 0 Å². The van der Waals surface area contributed by atoms with Gasteiger partial charge >= 0.3 is 0 Å². The highest BCUT2D eigenvalue weighted by Crippen LogP contribution is 2.18. The minimum atomic E-state index is -0.741. The summed E-state index contributed by atoms with van der Waals surface area (Å²) in [7, 11) is 0. The SMILES string of the molecule is Cc1occc1C(=O)N[C@@H](CC(C)C(C)C)C(=O)N[C@@H]1C(=O)CO[C@H]1C. The van der Waals surface area contributed by atoms with Crippen molar-refractivity contribution in [2.24, 2.45) is 11.8 Å². The van der Waals surface area contributed by atoms with Crippen molar-refractivity contribution in [3.63, 3.8) is 0 Å². The molecule has 1 saturated heterocycles. The maximum Gasteiger partial charge on any atom is 0.255 e. The standard InChI is InChI=1S/C19H28N2O5/c1-10(2)11(3)8-15(20-18(23)14-6-7-25-12(14)4)19(24)21-17-13(5)26-9-16(17)22/h6-7,10-11,13,15,17H,8-9H2,1-5H3,(H,20,23)(H,21,24)/t11?,13-,15-,17-/m0/s1. The highest BCUT2D eigenvalue weighted by atomic mass is 16.5. The lowest BCUT2D eigenvalue weighted by Gasteiger charge is -2.25. The minimum absolute atomic E-state index is 0.000248. The number of carbonyl (C=O) groups excluding carboxylic acids is 3. The van der Waals surface area contributed by atoms with E-state index in [9.17, 15) is 14.4 Å². The molecule has 4 atom stereocenters. The molecule has 1 unspecified atom stereocenters. The van der Waals surface area contributed by atoms with Crippen LogP contribution in [0.1, 0.15) is 50.2 Å². The number of furan rings is 1. The van der Waals surface area contributed by atoms with E-state index < -0.39 is 12.1 Å². The van der Waals surface area contributed by atoms with Crippen LogP contribution in [0.25, 0.3) is 0 Å². The Bertz CT molecular complexity index is 667. The number of ether oxygens (including phenoxy) is 1. The first kappa shape index (κ1) is 20.2. The first-order chi connectivity index (χ1) is 12.2. The number of ketones is 1. The summed E-state index contributed by atoms with van der Waals surface area (Å²) in [6.07, 6.45) is 1.54. The molecule has 144 valence electrons. The molecular weight excluding hydrogens is 336 g/mol. The van der Waals surface area contributed by atoms with Gasteiger partial charge in [-0.15, -0.1) is 0 Å². The Labute approximate surface area is 153 Å². The highest BCUT2D eigenvalue weighted by molar-refractivity contribution is 5.99.